The quantitative estimate of drug-likeness (QED) is 0.769. The Morgan fingerprint density at radius 1 is 1.29 bits per heavy atom. The van der Waals surface area contributed by atoms with E-state index < -0.39 is 0 Å². The first kappa shape index (κ1) is 12.0. The summed E-state index contributed by atoms with van der Waals surface area (Å²) in [6.45, 7) is 3.28. The smallest absolute Gasteiger partial charge is 0.0734 e. The number of pyridine rings is 1. The van der Waals surface area contributed by atoms with Crippen molar-refractivity contribution in [1.29, 1.82) is 0 Å². The van der Waals surface area contributed by atoms with Gasteiger partial charge >= 0.3 is 0 Å². The van der Waals surface area contributed by atoms with Gasteiger partial charge in [-0.2, -0.15) is 0 Å². The van der Waals surface area contributed by atoms with Crippen molar-refractivity contribution < 1.29 is 5.11 Å². The van der Waals surface area contributed by atoms with Crippen molar-refractivity contribution in [2.75, 3.05) is 13.1 Å². The topological polar surface area (TPSA) is 45.1 Å². The number of fused-ring (bicyclic) bond motifs is 1. The SMILES string of the molecule is C[C@H](O)CNCCc1cccc2cccnc12. The van der Waals surface area contributed by atoms with Gasteiger partial charge in [-0.05, 0) is 31.5 Å². The van der Waals surface area contributed by atoms with Crippen LogP contribution in [-0.4, -0.2) is 29.3 Å². The Kier molecular flexibility index (Phi) is 4.07. The maximum Gasteiger partial charge on any atom is 0.0734 e. The van der Waals surface area contributed by atoms with Gasteiger partial charge in [0.05, 0.1) is 11.6 Å². The first-order valence-corrected chi connectivity index (χ1v) is 5.99. The lowest BCUT2D eigenvalue weighted by atomic mass is 10.1. The molecule has 2 rings (SSSR count). The highest BCUT2D eigenvalue weighted by molar-refractivity contribution is 5.81. The first-order valence-electron chi connectivity index (χ1n) is 5.99. The number of aromatic nitrogens is 1. The van der Waals surface area contributed by atoms with E-state index in [0.717, 1.165) is 18.5 Å². The molecule has 1 heterocycles. The normalized spacial score (nSPS) is 12.8. The number of aliphatic hydroxyl groups is 1. The summed E-state index contributed by atoms with van der Waals surface area (Å²) >= 11 is 0. The van der Waals surface area contributed by atoms with E-state index in [1.165, 1.54) is 10.9 Å². The molecule has 1 aromatic heterocycles. The van der Waals surface area contributed by atoms with Crippen LogP contribution in [0.15, 0.2) is 36.5 Å². The van der Waals surface area contributed by atoms with E-state index in [9.17, 15) is 0 Å². The fourth-order valence-electron chi connectivity index (χ4n) is 1.90. The van der Waals surface area contributed by atoms with Crippen LogP contribution in [0.1, 0.15) is 12.5 Å². The van der Waals surface area contributed by atoms with E-state index >= 15 is 0 Å². The Labute approximate surface area is 102 Å². The molecule has 0 fully saturated rings. The van der Waals surface area contributed by atoms with Gasteiger partial charge in [0.15, 0.2) is 0 Å². The second-order valence-electron chi connectivity index (χ2n) is 4.30. The third-order valence-electron chi connectivity index (χ3n) is 2.73. The first-order chi connectivity index (χ1) is 8.27. The predicted molar refractivity (Wildman–Crippen MR) is 70.0 cm³/mol. The van der Waals surface area contributed by atoms with Crippen molar-refractivity contribution in [3.05, 3.63) is 42.1 Å². The summed E-state index contributed by atoms with van der Waals surface area (Å²) in [5.41, 5.74) is 2.33. The molecule has 2 aromatic rings. The second kappa shape index (κ2) is 5.75. The summed E-state index contributed by atoms with van der Waals surface area (Å²) in [5.74, 6) is 0. The Morgan fingerprint density at radius 2 is 2.12 bits per heavy atom. The number of hydrogen-bond donors (Lipinski definition) is 2. The number of rotatable bonds is 5. The molecule has 0 aliphatic rings. The molecule has 0 amide bonds. The van der Waals surface area contributed by atoms with Crippen molar-refractivity contribution >= 4 is 10.9 Å². The molecule has 0 radical (unpaired) electrons. The van der Waals surface area contributed by atoms with Crippen LogP contribution in [0.25, 0.3) is 10.9 Å². The van der Waals surface area contributed by atoms with E-state index in [1.807, 2.05) is 12.3 Å². The highest BCUT2D eigenvalue weighted by Crippen LogP contribution is 2.15. The molecule has 0 saturated carbocycles. The molecule has 17 heavy (non-hydrogen) atoms. The predicted octanol–water partition coefficient (Wildman–Crippen LogP) is 1.75. The average molecular weight is 230 g/mol. The zero-order valence-electron chi connectivity index (χ0n) is 10.1. The Bertz CT molecular complexity index is 477. The van der Waals surface area contributed by atoms with E-state index in [0.29, 0.717) is 6.54 Å². The maximum absolute atomic E-state index is 9.15. The highest BCUT2D eigenvalue weighted by atomic mass is 16.3. The molecular formula is C14H18N2O. The van der Waals surface area contributed by atoms with Crippen LogP contribution in [0.5, 0.6) is 0 Å². The van der Waals surface area contributed by atoms with Crippen molar-refractivity contribution in [1.82, 2.24) is 10.3 Å². The van der Waals surface area contributed by atoms with Crippen LogP contribution in [0.4, 0.5) is 0 Å². The van der Waals surface area contributed by atoms with E-state index in [4.69, 9.17) is 5.11 Å². The van der Waals surface area contributed by atoms with Crippen LogP contribution in [-0.2, 0) is 6.42 Å². The van der Waals surface area contributed by atoms with Crippen LogP contribution >= 0.6 is 0 Å². The number of benzene rings is 1. The number of para-hydroxylation sites is 1. The van der Waals surface area contributed by atoms with E-state index in [2.05, 4.69) is 34.6 Å². The van der Waals surface area contributed by atoms with Gasteiger partial charge in [-0.3, -0.25) is 4.98 Å². The van der Waals surface area contributed by atoms with Crippen LogP contribution in [0.2, 0.25) is 0 Å². The van der Waals surface area contributed by atoms with Crippen molar-refractivity contribution in [2.45, 2.75) is 19.4 Å². The highest BCUT2D eigenvalue weighted by Gasteiger charge is 2.01. The van der Waals surface area contributed by atoms with Gasteiger partial charge < -0.3 is 10.4 Å². The number of hydrogen-bond acceptors (Lipinski definition) is 3. The Morgan fingerprint density at radius 3 is 2.94 bits per heavy atom. The van der Waals surface area contributed by atoms with Gasteiger partial charge in [-0.25, -0.2) is 0 Å². The standard InChI is InChI=1S/C14H18N2O/c1-11(17)10-15-9-7-13-5-2-4-12-6-3-8-16-14(12)13/h2-6,8,11,15,17H,7,9-10H2,1H3/t11-/m0/s1. The molecule has 1 aromatic carbocycles. The van der Waals surface area contributed by atoms with Gasteiger partial charge in [-0.15, -0.1) is 0 Å². The minimum absolute atomic E-state index is 0.291. The molecule has 0 bridgehead atoms. The molecule has 3 nitrogen and oxygen atoms in total. The maximum atomic E-state index is 9.15. The van der Waals surface area contributed by atoms with E-state index in [-0.39, 0.29) is 6.10 Å². The lowest BCUT2D eigenvalue weighted by Gasteiger charge is -2.08. The minimum atomic E-state index is -0.291. The summed E-state index contributed by atoms with van der Waals surface area (Å²) in [6.07, 6.45) is 2.47. The van der Waals surface area contributed by atoms with Gasteiger partial charge in [0.25, 0.3) is 0 Å². The largest absolute Gasteiger partial charge is 0.392 e. The average Bonchev–Trinajstić information content (AvgIpc) is 2.34. The molecule has 0 unspecified atom stereocenters. The summed E-state index contributed by atoms with van der Waals surface area (Å²) in [5, 5.41) is 13.5. The minimum Gasteiger partial charge on any atom is -0.392 e. The van der Waals surface area contributed by atoms with E-state index in [1.54, 1.807) is 6.92 Å². The molecule has 0 spiro atoms. The number of nitrogens with zero attached hydrogens (tertiary/aromatic N) is 1. The summed E-state index contributed by atoms with van der Waals surface area (Å²) < 4.78 is 0. The fraction of sp³-hybridized carbons (Fsp3) is 0.357. The lowest BCUT2D eigenvalue weighted by Crippen LogP contribution is -2.26. The molecule has 2 N–H and O–H groups in total. The van der Waals surface area contributed by atoms with Crippen molar-refractivity contribution in [2.24, 2.45) is 0 Å². The van der Waals surface area contributed by atoms with Gasteiger partial charge in [0.2, 0.25) is 0 Å². The van der Waals surface area contributed by atoms with Crippen LogP contribution in [0.3, 0.4) is 0 Å². The molecule has 1 atom stereocenters. The molecule has 0 aliphatic carbocycles. The number of nitrogens with one attached hydrogen (secondary N) is 1. The third-order valence-corrected chi connectivity index (χ3v) is 2.73. The molecule has 90 valence electrons. The molecule has 0 aliphatic heterocycles. The third kappa shape index (κ3) is 3.25. The van der Waals surface area contributed by atoms with Gasteiger partial charge in [0.1, 0.15) is 0 Å². The molecule has 3 heteroatoms. The zero-order valence-corrected chi connectivity index (χ0v) is 10.1. The van der Waals surface area contributed by atoms with Crippen molar-refractivity contribution in [3.63, 3.8) is 0 Å². The fourth-order valence-corrected chi connectivity index (χ4v) is 1.90. The van der Waals surface area contributed by atoms with Gasteiger partial charge in [0, 0.05) is 18.1 Å². The second-order valence-corrected chi connectivity index (χ2v) is 4.30. The lowest BCUT2D eigenvalue weighted by molar-refractivity contribution is 0.191. The van der Waals surface area contributed by atoms with Crippen molar-refractivity contribution in [3.8, 4) is 0 Å². The number of aliphatic hydroxyl groups excluding tert-OH is 1. The monoisotopic (exact) mass is 230 g/mol. The van der Waals surface area contributed by atoms with Crippen LogP contribution in [0, 0.1) is 0 Å². The summed E-state index contributed by atoms with van der Waals surface area (Å²) in [6, 6.07) is 10.3. The summed E-state index contributed by atoms with van der Waals surface area (Å²) in [7, 11) is 0. The van der Waals surface area contributed by atoms with Crippen LogP contribution < -0.4 is 5.32 Å². The molecular weight excluding hydrogens is 212 g/mol. The van der Waals surface area contributed by atoms with Gasteiger partial charge in [-0.1, -0.05) is 24.3 Å². The summed E-state index contributed by atoms with van der Waals surface area (Å²) in [4.78, 5) is 4.42. The molecule has 0 saturated heterocycles. The Hall–Kier alpha value is -1.45. The zero-order chi connectivity index (χ0) is 12.1. The Balaban J connectivity index is 2.03.